The molecule has 0 aromatic heterocycles. The molecule has 4 N–H and O–H groups in total. The Morgan fingerprint density at radius 3 is 2.28 bits per heavy atom. The van der Waals surface area contributed by atoms with Crippen LogP contribution in [0.15, 0.2) is 0 Å². The van der Waals surface area contributed by atoms with Gasteiger partial charge >= 0.3 is 5.97 Å². The van der Waals surface area contributed by atoms with E-state index in [2.05, 4.69) is 26.1 Å². The van der Waals surface area contributed by atoms with E-state index in [4.69, 9.17) is 0 Å². The standard InChI is InChI=1S/C30H51NO5/c1-17(2)14-24(28(35)36)31-26(34)9-6-18(3)21-7-8-22-27-23(11-13-30(21,22)5)29(4)12-10-20(32)15-19(29)16-25(27)33/h17-25,27,32-33H,6-16H2,1-5H3,(H,31,34)(H,35,36). The predicted molar refractivity (Wildman–Crippen MR) is 140 cm³/mol. The smallest absolute Gasteiger partial charge is 0.326 e. The first-order valence-electron chi connectivity index (χ1n) is 14.7. The van der Waals surface area contributed by atoms with E-state index in [-0.39, 0.29) is 34.9 Å². The number of carboxylic acids is 1. The molecule has 36 heavy (non-hydrogen) atoms. The lowest BCUT2D eigenvalue weighted by atomic mass is 9.43. The molecule has 0 aliphatic heterocycles. The number of fused-ring (bicyclic) bond motifs is 5. The van der Waals surface area contributed by atoms with Crippen molar-refractivity contribution in [3.05, 3.63) is 0 Å². The molecule has 4 rings (SSSR count). The molecule has 11 atom stereocenters. The summed E-state index contributed by atoms with van der Waals surface area (Å²) < 4.78 is 0. The number of nitrogens with one attached hydrogen (secondary N) is 1. The highest BCUT2D eigenvalue weighted by Gasteiger charge is 2.62. The lowest BCUT2D eigenvalue weighted by molar-refractivity contribution is -0.174. The van der Waals surface area contributed by atoms with E-state index >= 15 is 0 Å². The molecule has 206 valence electrons. The van der Waals surface area contributed by atoms with Crippen LogP contribution in [0.2, 0.25) is 0 Å². The van der Waals surface area contributed by atoms with Gasteiger partial charge in [0, 0.05) is 6.42 Å². The van der Waals surface area contributed by atoms with Crippen molar-refractivity contribution < 1.29 is 24.9 Å². The second-order valence-electron chi connectivity index (χ2n) is 14.1. The Morgan fingerprint density at radius 2 is 1.61 bits per heavy atom. The zero-order chi connectivity index (χ0) is 26.4. The molecule has 0 radical (unpaired) electrons. The Hall–Kier alpha value is -1.14. The van der Waals surface area contributed by atoms with Crippen molar-refractivity contribution in [2.45, 2.75) is 123 Å². The minimum absolute atomic E-state index is 0.153. The molecule has 4 saturated carbocycles. The van der Waals surface area contributed by atoms with Crippen LogP contribution in [0.1, 0.15) is 105 Å². The van der Waals surface area contributed by atoms with Crippen molar-refractivity contribution >= 4 is 11.9 Å². The molecule has 4 aliphatic rings. The second-order valence-corrected chi connectivity index (χ2v) is 14.1. The Balaban J connectivity index is 1.39. The molecule has 0 bridgehead atoms. The Kier molecular flexibility index (Phi) is 8.17. The van der Waals surface area contributed by atoms with Gasteiger partial charge in [-0.3, -0.25) is 4.79 Å². The highest BCUT2D eigenvalue weighted by atomic mass is 16.4. The molecule has 4 aliphatic carbocycles. The molecule has 0 spiro atoms. The van der Waals surface area contributed by atoms with E-state index in [9.17, 15) is 24.9 Å². The second kappa shape index (κ2) is 10.6. The SMILES string of the molecule is CC(C)CC(NC(=O)CCC(C)C1CCC2C3C(O)CC4CC(O)CCC4(C)C3CCC12C)C(=O)O. The van der Waals surface area contributed by atoms with Gasteiger partial charge in [0.1, 0.15) is 6.04 Å². The van der Waals surface area contributed by atoms with Crippen LogP contribution in [0, 0.1) is 52.3 Å². The number of hydrogen-bond acceptors (Lipinski definition) is 4. The van der Waals surface area contributed by atoms with Gasteiger partial charge in [0.25, 0.3) is 0 Å². The summed E-state index contributed by atoms with van der Waals surface area (Å²) in [5.74, 6) is 1.89. The lowest BCUT2D eigenvalue weighted by Gasteiger charge is -2.62. The van der Waals surface area contributed by atoms with E-state index in [0.29, 0.717) is 48.3 Å². The van der Waals surface area contributed by atoms with Gasteiger partial charge in [0.2, 0.25) is 5.91 Å². The summed E-state index contributed by atoms with van der Waals surface area (Å²) in [6.07, 6.45) is 9.46. The Morgan fingerprint density at radius 1 is 0.944 bits per heavy atom. The van der Waals surface area contributed by atoms with Gasteiger partial charge in [-0.1, -0.05) is 34.6 Å². The van der Waals surface area contributed by atoms with Crippen LogP contribution in [-0.4, -0.2) is 45.4 Å². The maximum Gasteiger partial charge on any atom is 0.326 e. The molecule has 1 amide bonds. The topological polar surface area (TPSA) is 107 Å². The van der Waals surface area contributed by atoms with Crippen LogP contribution in [0.4, 0.5) is 0 Å². The number of aliphatic hydroxyl groups is 2. The minimum Gasteiger partial charge on any atom is -0.480 e. The van der Waals surface area contributed by atoms with E-state index in [0.717, 1.165) is 51.4 Å². The van der Waals surface area contributed by atoms with Gasteiger partial charge in [-0.15, -0.1) is 0 Å². The number of aliphatic hydroxyl groups excluding tert-OH is 2. The number of carboxylic acid groups (broad SMARTS) is 1. The number of aliphatic carboxylic acids is 1. The van der Waals surface area contributed by atoms with Crippen LogP contribution in [0.25, 0.3) is 0 Å². The summed E-state index contributed by atoms with van der Waals surface area (Å²) in [5.41, 5.74) is 0.430. The molecule has 0 aromatic rings. The minimum atomic E-state index is -0.956. The van der Waals surface area contributed by atoms with Crippen LogP contribution in [0.3, 0.4) is 0 Å². The maximum absolute atomic E-state index is 12.6. The third kappa shape index (κ3) is 5.10. The Bertz CT molecular complexity index is 815. The van der Waals surface area contributed by atoms with Crippen molar-refractivity contribution in [3.8, 4) is 0 Å². The van der Waals surface area contributed by atoms with Crippen molar-refractivity contribution in [1.82, 2.24) is 5.32 Å². The summed E-state index contributed by atoms with van der Waals surface area (Å²) in [6.45, 7) is 11.1. The third-order valence-corrected chi connectivity index (χ3v) is 11.6. The summed E-state index contributed by atoms with van der Waals surface area (Å²) in [7, 11) is 0. The normalized spacial score (nSPS) is 43.7. The molecule has 0 heterocycles. The van der Waals surface area contributed by atoms with Gasteiger partial charge in [0.05, 0.1) is 12.2 Å². The van der Waals surface area contributed by atoms with Gasteiger partial charge in [-0.25, -0.2) is 4.79 Å². The zero-order valence-corrected chi connectivity index (χ0v) is 23.2. The van der Waals surface area contributed by atoms with Crippen molar-refractivity contribution in [2.75, 3.05) is 0 Å². The van der Waals surface area contributed by atoms with Crippen LogP contribution in [0.5, 0.6) is 0 Å². The number of hydrogen-bond donors (Lipinski definition) is 4. The largest absolute Gasteiger partial charge is 0.480 e. The molecule has 0 aromatic carbocycles. The monoisotopic (exact) mass is 505 g/mol. The van der Waals surface area contributed by atoms with Gasteiger partial charge in [0.15, 0.2) is 0 Å². The molecular weight excluding hydrogens is 454 g/mol. The van der Waals surface area contributed by atoms with Gasteiger partial charge < -0.3 is 20.6 Å². The van der Waals surface area contributed by atoms with Crippen molar-refractivity contribution in [3.63, 3.8) is 0 Å². The first-order valence-corrected chi connectivity index (χ1v) is 14.7. The molecule has 6 heteroatoms. The number of carbonyl (C=O) groups is 2. The number of rotatable bonds is 8. The fraction of sp³-hybridized carbons (Fsp3) is 0.933. The summed E-state index contributed by atoms with van der Waals surface area (Å²) in [5, 5.41) is 33.9. The Labute approximate surface area is 218 Å². The van der Waals surface area contributed by atoms with Crippen LogP contribution in [-0.2, 0) is 9.59 Å². The average Bonchev–Trinajstić information content (AvgIpc) is 3.15. The highest BCUT2D eigenvalue weighted by molar-refractivity contribution is 5.83. The number of amides is 1. The molecular formula is C30H51NO5. The third-order valence-electron chi connectivity index (χ3n) is 11.6. The first kappa shape index (κ1) is 27.9. The van der Waals surface area contributed by atoms with E-state index in [1.165, 1.54) is 6.42 Å². The van der Waals surface area contributed by atoms with Gasteiger partial charge in [-0.2, -0.15) is 0 Å². The van der Waals surface area contributed by atoms with Crippen LogP contribution >= 0.6 is 0 Å². The molecule has 4 fully saturated rings. The van der Waals surface area contributed by atoms with Gasteiger partial charge in [-0.05, 0) is 116 Å². The number of carbonyl (C=O) groups excluding carboxylic acids is 1. The van der Waals surface area contributed by atoms with E-state index in [1.807, 2.05) is 13.8 Å². The fourth-order valence-electron chi connectivity index (χ4n) is 9.69. The highest BCUT2D eigenvalue weighted by Crippen LogP contribution is 2.68. The lowest BCUT2D eigenvalue weighted by Crippen LogP contribution is -2.58. The predicted octanol–water partition coefficient (Wildman–Crippen LogP) is 5.01. The zero-order valence-electron chi connectivity index (χ0n) is 23.2. The van der Waals surface area contributed by atoms with E-state index in [1.54, 1.807) is 0 Å². The fourth-order valence-corrected chi connectivity index (χ4v) is 9.69. The summed E-state index contributed by atoms with van der Waals surface area (Å²) in [6, 6.07) is -0.810. The summed E-state index contributed by atoms with van der Waals surface area (Å²) in [4.78, 5) is 24.2. The molecule has 11 unspecified atom stereocenters. The van der Waals surface area contributed by atoms with Crippen molar-refractivity contribution in [1.29, 1.82) is 0 Å². The summed E-state index contributed by atoms with van der Waals surface area (Å²) >= 11 is 0. The maximum atomic E-state index is 12.6. The first-order chi connectivity index (χ1) is 16.9. The van der Waals surface area contributed by atoms with Crippen molar-refractivity contribution in [2.24, 2.45) is 52.3 Å². The average molecular weight is 506 g/mol. The molecule has 6 nitrogen and oxygen atoms in total. The quantitative estimate of drug-likeness (QED) is 0.371. The molecule has 0 saturated heterocycles. The van der Waals surface area contributed by atoms with E-state index < -0.39 is 12.0 Å². The van der Waals surface area contributed by atoms with Crippen LogP contribution < -0.4 is 5.32 Å².